The second-order valence-corrected chi connectivity index (χ2v) is 5.75. The van der Waals surface area contributed by atoms with Crippen molar-refractivity contribution >= 4 is 28.7 Å². The van der Waals surface area contributed by atoms with Gasteiger partial charge in [-0.05, 0) is 37.2 Å². The molecule has 0 saturated carbocycles. The highest BCUT2D eigenvalue weighted by Gasteiger charge is 1.99. The van der Waals surface area contributed by atoms with Gasteiger partial charge >= 0.3 is 0 Å². The molecule has 0 fully saturated rings. The van der Waals surface area contributed by atoms with Crippen molar-refractivity contribution in [2.75, 3.05) is 6.54 Å². The summed E-state index contributed by atoms with van der Waals surface area (Å²) in [7, 11) is 0. The van der Waals surface area contributed by atoms with E-state index >= 15 is 0 Å². The fraction of sp³-hybridized carbons (Fsp3) is 0.545. The molecule has 0 unspecified atom stereocenters. The Morgan fingerprint density at radius 2 is 2.13 bits per heavy atom. The van der Waals surface area contributed by atoms with E-state index in [2.05, 4.69) is 43.5 Å². The minimum absolute atomic E-state index is 0.619. The van der Waals surface area contributed by atoms with Gasteiger partial charge in [0.1, 0.15) is 0 Å². The summed E-state index contributed by atoms with van der Waals surface area (Å²) in [5.41, 5.74) is 0. The van der Waals surface area contributed by atoms with E-state index in [1.165, 1.54) is 9.75 Å². The smallest absolute Gasteiger partial charge is 0.166 e. The molecule has 0 aromatic carbocycles. The van der Waals surface area contributed by atoms with E-state index in [-0.39, 0.29) is 0 Å². The zero-order chi connectivity index (χ0) is 11.3. The normalized spacial score (nSPS) is 10.4. The average Bonchev–Trinajstić information content (AvgIpc) is 2.58. The minimum atomic E-state index is 0.619. The standard InChI is InChI=1S/C11H18N2S2/c1-8(2)6-12-11(14)13-7-10-5-4-9(3)15-10/h4-5,8H,6-7H2,1-3H3,(H2,12,13,14). The van der Waals surface area contributed by atoms with Crippen molar-refractivity contribution in [3.8, 4) is 0 Å². The molecule has 0 aliphatic rings. The maximum Gasteiger partial charge on any atom is 0.166 e. The van der Waals surface area contributed by atoms with Crippen LogP contribution in [0, 0.1) is 12.8 Å². The summed E-state index contributed by atoms with van der Waals surface area (Å²) in [6, 6.07) is 4.27. The van der Waals surface area contributed by atoms with E-state index in [0.717, 1.165) is 18.2 Å². The quantitative estimate of drug-likeness (QED) is 0.794. The second kappa shape index (κ2) is 6.08. The molecule has 1 rings (SSSR count). The lowest BCUT2D eigenvalue weighted by Gasteiger charge is -2.11. The van der Waals surface area contributed by atoms with Gasteiger partial charge in [-0.15, -0.1) is 11.3 Å². The monoisotopic (exact) mass is 242 g/mol. The second-order valence-electron chi connectivity index (χ2n) is 3.97. The van der Waals surface area contributed by atoms with E-state index < -0.39 is 0 Å². The van der Waals surface area contributed by atoms with Gasteiger partial charge in [-0.3, -0.25) is 0 Å². The van der Waals surface area contributed by atoms with Gasteiger partial charge in [0.05, 0.1) is 6.54 Å². The molecule has 0 aliphatic carbocycles. The lowest BCUT2D eigenvalue weighted by molar-refractivity contribution is 0.619. The van der Waals surface area contributed by atoms with Crippen LogP contribution in [-0.2, 0) is 6.54 Å². The molecule has 1 heterocycles. The molecule has 1 aromatic rings. The van der Waals surface area contributed by atoms with Gasteiger partial charge in [-0.25, -0.2) is 0 Å². The van der Waals surface area contributed by atoms with Gasteiger partial charge in [-0.2, -0.15) is 0 Å². The number of hydrogen-bond acceptors (Lipinski definition) is 2. The van der Waals surface area contributed by atoms with Crippen molar-refractivity contribution in [1.29, 1.82) is 0 Å². The molecule has 1 aromatic heterocycles. The van der Waals surface area contributed by atoms with Crippen molar-refractivity contribution < 1.29 is 0 Å². The highest BCUT2D eigenvalue weighted by Crippen LogP contribution is 2.14. The molecule has 0 saturated heterocycles. The minimum Gasteiger partial charge on any atom is -0.362 e. The molecule has 0 radical (unpaired) electrons. The fourth-order valence-corrected chi connectivity index (χ4v) is 2.09. The number of nitrogens with one attached hydrogen (secondary N) is 2. The maximum atomic E-state index is 5.16. The third-order valence-electron chi connectivity index (χ3n) is 1.89. The maximum absolute atomic E-state index is 5.16. The number of aryl methyl sites for hydroxylation is 1. The van der Waals surface area contributed by atoms with Gasteiger partial charge in [0, 0.05) is 16.3 Å². The highest BCUT2D eigenvalue weighted by molar-refractivity contribution is 7.80. The van der Waals surface area contributed by atoms with Gasteiger partial charge in [0.15, 0.2) is 5.11 Å². The molecule has 0 amide bonds. The summed E-state index contributed by atoms with van der Waals surface area (Å²) < 4.78 is 0. The van der Waals surface area contributed by atoms with Crippen molar-refractivity contribution in [3.05, 3.63) is 21.9 Å². The average molecular weight is 242 g/mol. The van der Waals surface area contributed by atoms with E-state index in [0.29, 0.717) is 5.92 Å². The molecule has 15 heavy (non-hydrogen) atoms. The van der Waals surface area contributed by atoms with Crippen LogP contribution in [0.3, 0.4) is 0 Å². The van der Waals surface area contributed by atoms with Crippen LogP contribution in [0.1, 0.15) is 23.6 Å². The third-order valence-corrected chi connectivity index (χ3v) is 3.18. The number of thiophene rings is 1. The topological polar surface area (TPSA) is 24.1 Å². The van der Waals surface area contributed by atoms with Crippen LogP contribution in [0.4, 0.5) is 0 Å². The van der Waals surface area contributed by atoms with Gasteiger partial charge in [0.25, 0.3) is 0 Å². The summed E-state index contributed by atoms with van der Waals surface area (Å²) in [5, 5.41) is 7.13. The molecule has 0 spiro atoms. The van der Waals surface area contributed by atoms with E-state index in [1.54, 1.807) is 11.3 Å². The molecular weight excluding hydrogens is 224 g/mol. The SMILES string of the molecule is Cc1ccc(CNC(=S)NCC(C)C)s1. The van der Waals surface area contributed by atoms with Crippen molar-refractivity contribution in [3.63, 3.8) is 0 Å². The summed E-state index contributed by atoms with van der Waals surface area (Å²) in [4.78, 5) is 2.66. The molecule has 2 N–H and O–H groups in total. The summed E-state index contributed by atoms with van der Waals surface area (Å²) in [6.45, 7) is 8.19. The lowest BCUT2D eigenvalue weighted by Crippen LogP contribution is -2.36. The van der Waals surface area contributed by atoms with E-state index in [9.17, 15) is 0 Å². The predicted molar refractivity (Wildman–Crippen MR) is 71.3 cm³/mol. The zero-order valence-electron chi connectivity index (χ0n) is 9.46. The molecule has 0 atom stereocenters. The van der Waals surface area contributed by atoms with Gasteiger partial charge in [-0.1, -0.05) is 13.8 Å². The summed E-state index contributed by atoms with van der Waals surface area (Å²) in [6.07, 6.45) is 0. The Kier molecular flexibility index (Phi) is 5.05. The third kappa shape index (κ3) is 5.14. The highest BCUT2D eigenvalue weighted by atomic mass is 32.1. The predicted octanol–water partition coefficient (Wildman–Crippen LogP) is 2.68. The molecule has 2 nitrogen and oxygen atoms in total. The van der Waals surface area contributed by atoms with Crippen LogP contribution < -0.4 is 10.6 Å². The molecular formula is C11H18N2S2. The van der Waals surface area contributed by atoms with Gasteiger partial charge < -0.3 is 10.6 Å². The van der Waals surface area contributed by atoms with E-state index in [4.69, 9.17) is 12.2 Å². The Balaban J connectivity index is 2.22. The van der Waals surface area contributed by atoms with Crippen LogP contribution in [-0.4, -0.2) is 11.7 Å². The van der Waals surface area contributed by atoms with Gasteiger partial charge in [0.2, 0.25) is 0 Å². The Morgan fingerprint density at radius 3 is 2.67 bits per heavy atom. The number of hydrogen-bond donors (Lipinski definition) is 2. The van der Waals surface area contributed by atoms with Crippen molar-refractivity contribution in [1.82, 2.24) is 10.6 Å². The van der Waals surface area contributed by atoms with Crippen molar-refractivity contribution in [2.45, 2.75) is 27.3 Å². The largest absolute Gasteiger partial charge is 0.362 e. The first-order valence-electron chi connectivity index (χ1n) is 5.15. The first-order chi connectivity index (χ1) is 7.08. The molecule has 0 aliphatic heterocycles. The Hall–Kier alpha value is -0.610. The van der Waals surface area contributed by atoms with Crippen LogP contribution in [0.5, 0.6) is 0 Å². The number of rotatable bonds is 4. The first kappa shape index (κ1) is 12.5. The summed E-state index contributed by atoms with van der Waals surface area (Å²) in [5.74, 6) is 0.619. The van der Waals surface area contributed by atoms with Crippen LogP contribution >= 0.6 is 23.6 Å². The lowest BCUT2D eigenvalue weighted by atomic mass is 10.2. The van der Waals surface area contributed by atoms with Crippen molar-refractivity contribution in [2.24, 2.45) is 5.92 Å². The summed E-state index contributed by atoms with van der Waals surface area (Å²) >= 11 is 6.96. The number of thiocarbonyl (C=S) groups is 1. The Labute approximate surface area is 101 Å². The van der Waals surface area contributed by atoms with Crippen LogP contribution in [0.2, 0.25) is 0 Å². The Morgan fingerprint density at radius 1 is 1.40 bits per heavy atom. The molecule has 0 bridgehead atoms. The first-order valence-corrected chi connectivity index (χ1v) is 6.37. The van der Waals surface area contributed by atoms with E-state index in [1.807, 2.05) is 0 Å². The molecule has 4 heteroatoms. The fourth-order valence-electron chi connectivity index (χ4n) is 1.11. The zero-order valence-corrected chi connectivity index (χ0v) is 11.1. The Bertz CT molecular complexity index is 318. The van der Waals surface area contributed by atoms with Crippen LogP contribution in [0.15, 0.2) is 12.1 Å². The molecule has 84 valence electrons. The van der Waals surface area contributed by atoms with Crippen LogP contribution in [0.25, 0.3) is 0 Å².